The van der Waals surface area contributed by atoms with Gasteiger partial charge in [-0.2, -0.15) is 0 Å². The van der Waals surface area contributed by atoms with Gasteiger partial charge < -0.3 is 5.32 Å². The monoisotopic (exact) mass is 293 g/mol. The smallest absolute Gasteiger partial charge is 0.251 e. The molecule has 0 unspecified atom stereocenters. The molecular formula is C15H10F3NO2. The van der Waals surface area contributed by atoms with Crippen LogP contribution >= 0.6 is 0 Å². The average molecular weight is 293 g/mol. The summed E-state index contributed by atoms with van der Waals surface area (Å²) in [7, 11) is 0. The molecule has 2 rings (SSSR count). The normalized spacial score (nSPS) is 10.2. The topological polar surface area (TPSA) is 46.2 Å². The van der Waals surface area contributed by atoms with E-state index in [1.165, 1.54) is 0 Å². The summed E-state index contributed by atoms with van der Waals surface area (Å²) in [6.45, 7) is -0.330. The van der Waals surface area contributed by atoms with Gasteiger partial charge in [-0.05, 0) is 12.1 Å². The molecule has 0 aliphatic heterocycles. The van der Waals surface area contributed by atoms with Crippen molar-refractivity contribution in [2.24, 2.45) is 0 Å². The largest absolute Gasteiger partial charge is 0.345 e. The van der Waals surface area contributed by atoms with Gasteiger partial charge in [0.15, 0.2) is 23.2 Å². The fraction of sp³-hybridized carbons (Fsp3) is 0.0667. The molecule has 0 aliphatic carbocycles. The van der Waals surface area contributed by atoms with Crippen molar-refractivity contribution in [2.45, 2.75) is 0 Å². The zero-order chi connectivity index (χ0) is 15.4. The van der Waals surface area contributed by atoms with Crippen LogP contribution in [0.5, 0.6) is 0 Å². The maximum atomic E-state index is 13.0. The Kier molecular flexibility index (Phi) is 4.37. The molecule has 1 amide bonds. The van der Waals surface area contributed by atoms with Gasteiger partial charge in [-0.3, -0.25) is 9.59 Å². The zero-order valence-electron chi connectivity index (χ0n) is 10.7. The summed E-state index contributed by atoms with van der Waals surface area (Å²) >= 11 is 0. The number of ketones is 1. The molecule has 108 valence electrons. The van der Waals surface area contributed by atoms with Gasteiger partial charge in [0.1, 0.15) is 0 Å². The van der Waals surface area contributed by atoms with Crippen LogP contribution in [0.3, 0.4) is 0 Å². The minimum Gasteiger partial charge on any atom is -0.345 e. The van der Waals surface area contributed by atoms with Crippen LogP contribution in [0.2, 0.25) is 0 Å². The molecule has 0 atom stereocenters. The highest BCUT2D eigenvalue weighted by atomic mass is 19.2. The SMILES string of the molecule is O=C(CNC(=O)c1cc(F)c(F)c(F)c1)c1ccccc1. The van der Waals surface area contributed by atoms with Crippen LogP contribution in [0.1, 0.15) is 20.7 Å². The maximum Gasteiger partial charge on any atom is 0.251 e. The highest BCUT2D eigenvalue weighted by Crippen LogP contribution is 2.13. The first kappa shape index (κ1) is 14.8. The third-order valence-corrected chi connectivity index (χ3v) is 2.75. The van der Waals surface area contributed by atoms with Crippen molar-refractivity contribution in [3.05, 3.63) is 71.0 Å². The van der Waals surface area contributed by atoms with E-state index < -0.39 is 28.9 Å². The number of halogens is 3. The number of rotatable bonds is 4. The van der Waals surface area contributed by atoms with Crippen molar-refractivity contribution in [3.63, 3.8) is 0 Å². The molecule has 0 spiro atoms. The van der Waals surface area contributed by atoms with Crippen LogP contribution in [0.25, 0.3) is 0 Å². The predicted octanol–water partition coefficient (Wildman–Crippen LogP) is 2.72. The molecule has 0 saturated carbocycles. The molecule has 1 N–H and O–H groups in total. The molecule has 0 bridgehead atoms. The number of hydrogen-bond donors (Lipinski definition) is 1. The molecule has 0 saturated heterocycles. The van der Waals surface area contributed by atoms with Crippen molar-refractivity contribution >= 4 is 11.7 Å². The van der Waals surface area contributed by atoms with E-state index >= 15 is 0 Å². The van der Waals surface area contributed by atoms with Gasteiger partial charge >= 0.3 is 0 Å². The third-order valence-electron chi connectivity index (χ3n) is 2.75. The first-order chi connectivity index (χ1) is 9.99. The lowest BCUT2D eigenvalue weighted by atomic mass is 10.1. The van der Waals surface area contributed by atoms with Crippen molar-refractivity contribution in [1.29, 1.82) is 0 Å². The van der Waals surface area contributed by atoms with Crippen molar-refractivity contribution in [1.82, 2.24) is 5.32 Å². The minimum absolute atomic E-state index is 0.330. The minimum atomic E-state index is -1.65. The van der Waals surface area contributed by atoms with E-state index in [4.69, 9.17) is 0 Å². The molecule has 2 aromatic carbocycles. The summed E-state index contributed by atoms with van der Waals surface area (Å²) in [5, 5.41) is 2.23. The molecule has 0 heterocycles. The summed E-state index contributed by atoms with van der Waals surface area (Å²) in [5.41, 5.74) is 0.00142. The quantitative estimate of drug-likeness (QED) is 0.696. The van der Waals surface area contributed by atoms with Gasteiger partial charge in [0.05, 0.1) is 6.54 Å². The van der Waals surface area contributed by atoms with E-state index in [1.807, 2.05) is 0 Å². The van der Waals surface area contributed by atoms with Gasteiger partial charge in [0.2, 0.25) is 0 Å². The van der Waals surface area contributed by atoms with Crippen LogP contribution in [0.4, 0.5) is 13.2 Å². The fourth-order valence-corrected chi connectivity index (χ4v) is 1.68. The Labute approximate surface area is 118 Å². The third kappa shape index (κ3) is 3.47. The van der Waals surface area contributed by atoms with Crippen LogP contribution in [-0.2, 0) is 0 Å². The number of hydrogen-bond acceptors (Lipinski definition) is 2. The summed E-state index contributed by atoms with van der Waals surface area (Å²) in [6.07, 6.45) is 0. The Bertz CT molecular complexity index is 664. The number of nitrogens with one attached hydrogen (secondary N) is 1. The molecule has 0 radical (unpaired) electrons. The Morgan fingerprint density at radius 1 is 0.905 bits per heavy atom. The number of amides is 1. The van der Waals surface area contributed by atoms with Gasteiger partial charge in [-0.1, -0.05) is 30.3 Å². The second-order valence-electron chi connectivity index (χ2n) is 4.23. The number of Topliss-reactive ketones (excluding diaryl/α,β-unsaturated/α-hetero) is 1. The standard InChI is InChI=1S/C15H10F3NO2/c16-11-6-10(7-12(17)14(11)18)15(21)19-8-13(20)9-4-2-1-3-5-9/h1-7H,8H2,(H,19,21). The molecule has 0 fully saturated rings. The summed E-state index contributed by atoms with van der Waals surface area (Å²) in [6, 6.07) is 9.36. The van der Waals surface area contributed by atoms with Crippen molar-refractivity contribution in [3.8, 4) is 0 Å². The molecule has 3 nitrogen and oxygen atoms in total. The van der Waals surface area contributed by atoms with Crippen LogP contribution in [0.15, 0.2) is 42.5 Å². The van der Waals surface area contributed by atoms with Crippen molar-refractivity contribution < 1.29 is 22.8 Å². The van der Waals surface area contributed by atoms with Gasteiger partial charge in [-0.15, -0.1) is 0 Å². The van der Waals surface area contributed by atoms with Crippen LogP contribution in [-0.4, -0.2) is 18.2 Å². The first-order valence-electron chi connectivity index (χ1n) is 6.00. The lowest BCUT2D eigenvalue weighted by Crippen LogP contribution is -2.29. The predicted molar refractivity (Wildman–Crippen MR) is 69.4 cm³/mol. The van der Waals surface area contributed by atoms with Gasteiger partial charge in [0.25, 0.3) is 5.91 Å². The summed E-state index contributed by atoms with van der Waals surface area (Å²) in [4.78, 5) is 23.4. The van der Waals surface area contributed by atoms with E-state index in [-0.39, 0.29) is 12.3 Å². The molecule has 0 aromatic heterocycles. The highest BCUT2D eigenvalue weighted by molar-refractivity contribution is 6.02. The number of benzene rings is 2. The van der Waals surface area contributed by atoms with E-state index in [0.29, 0.717) is 17.7 Å². The first-order valence-corrected chi connectivity index (χ1v) is 6.00. The van der Waals surface area contributed by atoms with Crippen molar-refractivity contribution in [2.75, 3.05) is 6.54 Å². The molecule has 21 heavy (non-hydrogen) atoms. The summed E-state index contributed by atoms with van der Waals surface area (Å²) in [5.74, 6) is -5.79. The van der Waals surface area contributed by atoms with Crippen LogP contribution < -0.4 is 5.32 Å². The lowest BCUT2D eigenvalue weighted by molar-refractivity contribution is 0.0903. The molecule has 6 heteroatoms. The van der Waals surface area contributed by atoms with Crippen LogP contribution in [0, 0.1) is 17.5 Å². The number of carbonyl (C=O) groups excluding carboxylic acids is 2. The van der Waals surface area contributed by atoms with E-state index in [1.54, 1.807) is 30.3 Å². The Morgan fingerprint density at radius 3 is 2.05 bits per heavy atom. The van der Waals surface area contributed by atoms with E-state index in [2.05, 4.69) is 5.32 Å². The second kappa shape index (κ2) is 6.21. The summed E-state index contributed by atoms with van der Waals surface area (Å²) < 4.78 is 38.8. The molecule has 0 aliphatic rings. The second-order valence-corrected chi connectivity index (χ2v) is 4.23. The average Bonchev–Trinajstić information content (AvgIpc) is 2.50. The van der Waals surface area contributed by atoms with Gasteiger partial charge in [0, 0.05) is 11.1 Å². The molecule has 2 aromatic rings. The van der Waals surface area contributed by atoms with E-state index in [0.717, 1.165) is 0 Å². The van der Waals surface area contributed by atoms with E-state index in [9.17, 15) is 22.8 Å². The Hall–Kier alpha value is -2.63. The zero-order valence-corrected chi connectivity index (χ0v) is 10.7. The Morgan fingerprint density at radius 2 is 1.48 bits per heavy atom. The van der Waals surface area contributed by atoms with Gasteiger partial charge in [-0.25, -0.2) is 13.2 Å². The fourth-order valence-electron chi connectivity index (χ4n) is 1.68. The Balaban J connectivity index is 2.04. The maximum absolute atomic E-state index is 13.0. The number of carbonyl (C=O) groups is 2. The highest BCUT2D eigenvalue weighted by Gasteiger charge is 2.15. The lowest BCUT2D eigenvalue weighted by Gasteiger charge is -2.06. The molecular weight excluding hydrogens is 283 g/mol.